The van der Waals surface area contributed by atoms with Crippen LogP contribution in [-0.4, -0.2) is 38.8 Å². The molecule has 0 radical (unpaired) electrons. The molecule has 1 aromatic heterocycles. The van der Waals surface area contributed by atoms with Gasteiger partial charge in [-0.25, -0.2) is 4.98 Å². The fourth-order valence-corrected chi connectivity index (χ4v) is 5.90. The van der Waals surface area contributed by atoms with Gasteiger partial charge in [-0.05, 0) is 64.8 Å². The molecule has 0 saturated heterocycles. The number of hydrogen-bond donors (Lipinski definition) is 2. The first-order chi connectivity index (χ1) is 20.9. The minimum Gasteiger partial charge on any atom is -0.406 e. The lowest BCUT2D eigenvalue weighted by Gasteiger charge is -2.30. The maximum absolute atomic E-state index is 13.4. The van der Waals surface area contributed by atoms with Gasteiger partial charge >= 0.3 is 6.36 Å². The lowest BCUT2D eigenvalue weighted by atomic mass is 9.90. The van der Waals surface area contributed by atoms with Crippen LogP contribution < -0.4 is 10.3 Å². The third-order valence-corrected chi connectivity index (χ3v) is 8.53. The predicted molar refractivity (Wildman–Crippen MR) is 158 cm³/mol. The Morgan fingerprint density at radius 3 is 2.39 bits per heavy atom. The fourth-order valence-electron chi connectivity index (χ4n) is 5.90. The first kappa shape index (κ1) is 29.6. The number of carbonyl (C=O) groups is 1. The van der Waals surface area contributed by atoms with Crippen LogP contribution in [0.5, 0.6) is 5.75 Å². The largest absolute Gasteiger partial charge is 0.573 e. The van der Waals surface area contributed by atoms with Crippen molar-refractivity contribution in [3.05, 3.63) is 117 Å². The maximum atomic E-state index is 13.4. The Kier molecular flexibility index (Phi) is 7.57. The number of halogens is 3. The van der Waals surface area contributed by atoms with Crippen LogP contribution in [0.1, 0.15) is 72.5 Å². The number of nitrogens with one attached hydrogen (secondary N) is 1. The molecule has 1 aliphatic carbocycles. The van der Waals surface area contributed by atoms with Crippen molar-refractivity contribution >= 4 is 5.91 Å². The van der Waals surface area contributed by atoms with Gasteiger partial charge in [0.15, 0.2) is 6.10 Å². The zero-order valence-corrected chi connectivity index (χ0v) is 24.3. The van der Waals surface area contributed by atoms with Gasteiger partial charge in [0.25, 0.3) is 11.5 Å². The van der Waals surface area contributed by atoms with Crippen molar-refractivity contribution in [2.24, 2.45) is 0 Å². The Hall–Kier alpha value is -4.44. The normalized spacial score (nSPS) is 16.4. The van der Waals surface area contributed by atoms with Crippen LogP contribution >= 0.6 is 0 Å². The average molecular weight is 604 g/mol. The fraction of sp³-hybridized carbons (Fsp3) is 0.324. The molecule has 1 amide bonds. The molecule has 3 aromatic carbocycles. The van der Waals surface area contributed by atoms with Crippen LogP contribution in [0.15, 0.2) is 77.6 Å². The number of aliphatic hydroxyl groups excluding tert-OH is 1. The summed E-state index contributed by atoms with van der Waals surface area (Å²) in [4.78, 5) is 36.0. The highest BCUT2D eigenvalue weighted by Gasteiger charge is 2.49. The van der Waals surface area contributed by atoms with Crippen molar-refractivity contribution < 1.29 is 27.8 Å². The van der Waals surface area contributed by atoms with Gasteiger partial charge in [-0.2, -0.15) is 0 Å². The number of benzene rings is 3. The first-order valence-electron chi connectivity index (χ1n) is 14.6. The minimum absolute atomic E-state index is 0.0141. The number of H-pyrrole nitrogens is 1. The second-order valence-electron chi connectivity index (χ2n) is 11.8. The van der Waals surface area contributed by atoms with Crippen molar-refractivity contribution in [3.8, 4) is 16.9 Å². The summed E-state index contributed by atoms with van der Waals surface area (Å²) in [6.07, 6.45) is -4.19. The highest BCUT2D eigenvalue weighted by Crippen LogP contribution is 2.52. The Morgan fingerprint density at radius 1 is 1.00 bits per heavy atom. The number of nitrogens with zero attached hydrogens (tertiary/aromatic N) is 2. The van der Waals surface area contributed by atoms with Crippen molar-refractivity contribution in [1.29, 1.82) is 0 Å². The lowest BCUT2D eigenvalue weighted by molar-refractivity contribution is -0.274. The van der Waals surface area contributed by atoms with E-state index in [1.807, 2.05) is 6.07 Å². The van der Waals surface area contributed by atoms with Crippen LogP contribution in [-0.2, 0) is 23.2 Å². The summed E-state index contributed by atoms with van der Waals surface area (Å²) in [7, 11) is 0. The Labute approximate surface area is 252 Å². The molecule has 10 heteroatoms. The van der Waals surface area contributed by atoms with E-state index in [4.69, 9.17) is 4.98 Å². The van der Waals surface area contributed by atoms with Gasteiger partial charge in [0.1, 0.15) is 11.6 Å². The van der Waals surface area contributed by atoms with Crippen LogP contribution in [0.2, 0.25) is 0 Å². The molecular formula is C34H32F3N3O4. The quantitative estimate of drug-likeness (QED) is 0.264. The minimum atomic E-state index is -4.83. The van der Waals surface area contributed by atoms with Crippen molar-refractivity contribution in [1.82, 2.24) is 14.9 Å². The average Bonchev–Trinajstić information content (AvgIpc) is 3.82. The molecule has 1 fully saturated rings. The van der Waals surface area contributed by atoms with Gasteiger partial charge in [0.2, 0.25) is 0 Å². The van der Waals surface area contributed by atoms with E-state index in [0.29, 0.717) is 40.5 Å². The van der Waals surface area contributed by atoms with E-state index in [1.165, 1.54) is 28.7 Å². The smallest absolute Gasteiger partial charge is 0.406 e. The van der Waals surface area contributed by atoms with Gasteiger partial charge in [0.05, 0.1) is 23.2 Å². The van der Waals surface area contributed by atoms with Crippen molar-refractivity contribution in [2.75, 3.05) is 6.54 Å². The number of aromatic amines is 1. The number of carbonyl (C=O) groups excluding carboxylic acids is 1. The highest BCUT2D eigenvalue weighted by molar-refractivity contribution is 5.83. The molecule has 2 aliphatic rings. The molecule has 228 valence electrons. The maximum Gasteiger partial charge on any atom is 0.573 e. The number of rotatable bonds is 7. The third-order valence-electron chi connectivity index (χ3n) is 8.53. The van der Waals surface area contributed by atoms with Crippen molar-refractivity contribution in [3.63, 3.8) is 0 Å². The van der Waals surface area contributed by atoms with Crippen molar-refractivity contribution in [2.45, 2.75) is 63.5 Å². The van der Waals surface area contributed by atoms with E-state index in [1.54, 1.807) is 30.3 Å². The first-order valence-corrected chi connectivity index (χ1v) is 14.6. The number of fused-ring (bicyclic) bond motifs is 1. The Balaban J connectivity index is 1.20. The summed E-state index contributed by atoms with van der Waals surface area (Å²) in [5.41, 5.74) is 4.06. The van der Waals surface area contributed by atoms with E-state index >= 15 is 0 Å². The van der Waals surface area contributed by atoms with Gasteiger partial charge in [0, 0.05) is 13.0 Å². The second-order valence-corrected chi connectivity index (χ2v) is 11.8. The molecule has 0 spiro atoms. The molecule has 6 rings (SSSR count). The summed E-state index contributed by atoms with van der Waals surface area (Å²) in [5.74, 6) is 0.0902. The van der Waals surface area contributed by atoms with Crippen LogP contribution in [0.4, 0.5) is 13.2 Å². The number of aromatic nitrogens is 2. The molecule has 44 heavy (non-hydrogen) atoms. The van der Waals surface area contributed by atoms with Crippen LogP contribution in [0.25, 0.3) is 11.1 Å². The molecule has 7 nitrogen and oxygen atoms in total. The number of hydrogen-bond acceptors (Lipinski definition) is 5. The molecular weight excluding hydrogens is 571 g/mol. The number of aliphatic hydroxyl groups is 1. The van der Waals surface area contributed by atoms with Crippen LogP contribution in [0.3, 0.4) is 0 Å². The Morgan fingerprint density at radius 2 is 1.68 bits per heavy atom. The van der Waals surface area contributed by atoms with E-state index < -0.39 is 18.4 Å². The summed E-state index contributed by atoms with van der Waals surface area (Å²) in [6.45, 7) is 4.59. The zero-order valence-electron chi connectivity index (χ0n) is 24.3. The predicted octanol–water partition coefficient (Wildman–Crippen LogP) is 6.16. The van der Waals surface area contributed by atoms with E-state index in [0.717, 1.165) is 18.4 Å². The van der Waals surface area contributed by atoms with Crippen LogP contribution in [0, 0.1) is 0 Å². The summed E-state index contributed by atoms with van der Waals surface area (Å²) >= 11 is 0. The van der Waals surface area contributed by atoms with Gasteiger partial charge in [-0.15, -0.1) is 13.2 Å². The summed E-state index contributed by atoms with van der Waals surface area (Å²) in [5, 5.41) is 11.0. The topological polar surface area (TPSA) is 95.5 Å². The molecule has 1 atom stereocenters. The summed E-state index contributed by atoms with van der Waals surface area (Å²) < 4.78 is 42.1. The molecule has 2 heterocycles. The van der Waals surface area contributed by atoms with Gasteiger partial charge in [-0.3, -0.25) is 9.59 Å². The third kappa shape index (κ3) is 5.86. The number of alkyl halides is 3. The monoisotopic (exact) mass is 603 g/mol. The van der Waals surface area contributed by atoms with E-state index in [-0.39, 0.29) is 35.4 Å². The molecule has 0 bridgehead atoms. The Bertz CT molecular complexity index is 1780. The number of amides is 1. The zero-order chi connectivity index (χ0) is 31.2. The standard InChI is InChI=1S/C34H32F3N3O4/c1-20(2)21-6-4-10-25(17-21)33(13-14-33)32-38-28-12-15-40(19-27(28)30(42)39-32)31(43)29(41)24-9-3-7-22(16-24)23-8-5-11-26(18-23)44-34(35,36)37/h3-11,16-18,20,29,41H,12-15,19H2,1-2H3,(H,38,39,42)/t29-/m1/s1. The number of ether oxygens (including phenoxy) is 1. The van der Waals surface area contributed by atoms with E-state index in [2.05, 4.69) is 41.8 Å². The second kappa shape index (κ2) is 11.2. The SMILES string of the molecule is CC(C)c1cccc(C2(c3nc4c(c(=O)[nH]3)CN(C(=O)[C@H](O)c3cccc(-c5cccc(OC(F)(F)F)c5)c3)CC4)CC2)c1. The molecule has 0 unspecified atom stereocenters. The molecule has 2 N–H and O–H groups in total. The molecule has 4 aromatic rings. The van der Waals surface area contributed by atoms with Gasteiger partial charge < -0.3 is 19.7 Å². The molecule has 1 saturated carbocycles. The molecule has 1 aliphatic heterocycles. The highest BCUT2D eigenvalue weighted by atomic mass is 19.4. The summed E-state index contributed by atoms with van der Waals surface area (Å²) in [6, 6.07) is 20.3. The van der Waals surface area contributed by atoms with E-state index in [9.17, 15) is 27.9 Å². The van der Waals surface area contributed by atoms with Gasteiger partial charge in [-0.1, -0.05) is 68.4 Å². The lowest BCUT2D eigenvalue weighted by Crippen LogP contribution is -2.42.